The molecule has 0 radical (unpaired) electrons. The molecule has 0 aliphatic rings. The Morgan fingerprint density at radius 2 is 1.09 bits per heavy atom. The van der Waals surface area contributed by atoms with Crippen LogP contribution in [-0.4, -0.2) is 25.8 Å². The number of aliphatic hydroxyl groups is 1. The van der Waals surface area contributed by atoms with Crippen LogP contribution in [0.5, 0.6) is 0 Å². The third-order valence-electron chi connectivity index (χ3n) is 10.2. The maximum Gasteiger partial charge on any atom is 0.213 e. The minimum Gasteiger partial charge on any atom is -0.390 e. The van der Waals surface area contributed by atoms with Gasteiger partial charge >= 0.3 is 0 Å². The van der Waals surface area contributed by atoms with Gasteiger partial charge in [0.25, 0.3) is 0 Å². The fourth-order valence-electron chi connectivity index (χ4n) is 7.52. The van der Waals surface area contributed by atoms with E-state index in [1.165, 1.54) is 67.2 Å². The highest BCUT2D eigenvalue weighted by Gasteiger charge is 2.15. The van der Waals surface area contributed by atoms with Crippen molar-refractivity contribution in [2.45, 2.75) is 55.5 Å². The molecule has 0 spiro atoms. The summed E-state index contributed by atoms with van der Waals surface area (Å²) in [6.07, 6.45) is 8.57. The fraction of sp³-hybridized carbons (Fsp3) is 0.176. The monoisotopic (exact) mass is 737 g/mol. The average molecular weight is 738 g/mol. The van der Waals surface area contributed by atoms with Crippen LogP contribution in [0.2, 0.25) is 0 Å². The van der Waals surface area contributed by atoms with Crippen molar-refractivity contribution in [2.75, 3.05) is 6.61 Å². The molecule has 0 saturated heterocycles. The van der Waals surface area contributed by atoms with Crippen molar-refractivity contribution in [1.29, 1.82) is 0 Å². The molecule has 282 valence electrons. The van der Waals surface area contributed by atoms with Gasteiger partial charge < -0.3 is 14.2 Å². The summed E-state index contributed by atoms with van der Waals surface area (Å²) in [4.78, 5) is 4.75. The third-order valence-corrected chi connectivity index (χ3v) is 10.2. The van der Waals surface area contributed by atoms with Gasteiger partial charge in [0, 0.05) is 63.1 Å². The van der Waals surface area contributed by atoms with E-state index in [-0.39, 0.29) is 14.0 Å². The van der Waals surface area contributed by atoms with E-state index in [4.69, 9.17) is 4.98 Å². The Morgan fingerprint density at radius 3 is 1.68 bits per heavy atom. The van der Waals surface area contributed by atoms with Gasteiger partial charge in [-0.05, 0) is 132 Å². The van der Waals surface area contributed by atoms with E-state index in [0.717, 1.165) is 22.4 Å². The molecule has 8 aromatic rings. The van der Waals surface area contributed by atoms with Gasteiger partial charge in [0.1, 0.15) is 6.61 Å². The second-order valence-electron chi connectivity index (χ2n) is 14.3. The van der Waals surface area contributed by atoms with Crippen LogP contribution >= 0.6 is 0 Å². The number of hydrogen-bond acceptors (Lipinski definition) is 2. The summed E-state index contributed by atoms with van der Waals surface area (Å²) in [5.41, 5.74) is 16.4. The first-order chi connectivity index (χ1) is 26.7. The number of hydrogen-bond donors (Lipinski definition) is 1. The lowest BCUT2D eigenvalue weighted by molar-refractivity contribution is -0.674. The highest BCUT2D eigenvalue weighted by Crippen LogP contribution is 2.25. The number of fused-ring (bicyclic) bond motifs is 2. The van der Waals surface area contributed by atoms with E-state index in [2.05, 4.69) is 201 Å². The van der Waals surface area contributed by atoms with E-state index in [1.54, 1.807) is 0 Å². The lowest BCUT2D eigenvalue weighted by atomic mass is 10.1. The lowest BCUT2D eigenvalue weighted by Crippen LogP contribution is -2.39. The molecular weight excluding hydrogens is 685 g/mol. The Hall–Kier alpha value is -6.30. The van der Waals surface area contributed by atoms with E-state index >= 15 is 0 Å². The first-order valence-corrected chi connectivity index (χ1v) is 19.0. The molecule has 0 atom stereocenters. The summed E-state index contributed by atoms with van der Waals surface area (Å²) in [6.45, 7) is 13.5. The lowest BCUT2D eigenvalue weighted by Gasteiger charge is -2.09. The average Bonchev–Trinajstić information content (AvgIpc) is 3.65. The predicted octanol–water partition coefficient (Wildman–Crippen LogP) is 11.8. The first-order valence-electron chi connectivity index (χ1n) is 19.0. The van der Waals surface area contributed by atoms with Gasteiger partial charge in [-0.2, -0.15) is 4.57 Å². The van der Waals surface area contributed by atoms with Crippen molar-refractivity contribution in [2.24, 2.45) is 0 Å². The summed E-state index contributed by atoms with van der Waals surface area (Å²) in [6, 6.07) is 46.7. The van der Waals surface area contributed by atoms with Gasteiger partial charge in [-0.3, -0.25) is 0 Å². The van der Waals surface area contributed by atoms with E-state index < -0.39 is 0 Å². The van der Waals surface area contributed by atoms with Crippen molar-refractivity contribution in [3.05, 3.63) is 190 Å². The van der Waals surface area contributed by atoms with Crippen LogP contribution in [0.1, 0.15) is 63.8 Å². The highest BCUT2D eigenvalue weighted by molar-refractivity contribution is 5.82. The molecule has 4 aromatic heterocycles. The summed E-state index contributed by atoms with van der Waals surface area (Å²) in [5.74, 6) is 0. The van der Waals surface area contributed by atoms with Crippen LogP contribution in [0.15, 0.2) is 133 Å². The van der Waals surface area contributed by atoms with Crippen LogP contribution in [0.4, 0.5) is 0 Å². The molecule has 56 heavy (non-hydrogen) atoms. The number of aliphatic hydroxyl groups excluding tert-OH is 1. The van der Waals surface area contributed by atoms with Crippen molar-refractivity contribution in [1.82, 2.24) is 14.1 Å². The molecule has 0 amide bonds. The normalized spacial score (nSPS) is 11.3. The third kappa shape index (κ3) is 8.49. The molecule has 0 aliphatic heterocycles. The number of benzene rings is 4. The van der Waals surface area contributed by atoms with Crippen LogP contribution < -0.4 is 4.57 Å². The first kappa shape index (κ1) is 39.4. The Balaban J connectivity index is 0.000000188. The second kappa shape index (κ2) is 17.4. The summed E-state index contributed by atoms with van der Waals surface area (Å²) in [7, 11) is 0. The fourth-order valence-corrected chi connectivity index (χ4v) is 7.52. The van der Waals surface area contributed by atoms with Crippen molar-refractivity contribution in [3.63, 3.8) is 0 Å². The van der Waals surface area contributed by atoms with E-state index in [1.807, 2.05) is 12.1 Å². The molecule has 0 fully saturated rings. The van der Waals surface area contributed by atoms with Crippen LogP contribution in [0, 0.1) is 41.5 Å². The Bertz CT molecular complexity index is 2660. The molecule has 1 N–H and O–H groups in total. The molecule has 0 aliphatic carbocycles. The van der Waals surface area contributed by atoms with E-state index in [0.29, 0.717) is 6.54 Å². The number of rotatable bonds is 8. The van der Waals surface area contributed by atoms with Crippen LogP contribution in [0.3, 0.4) is 0 Å². The topological polar surface area (TPSA) is 46.9 Å². The maximum absolute atomic E-state index is 9.61. The second-order valence-corrected chi connectivity index (χ2v) is 14.3. The number of aromatic nitrogens is 4. The Labute approximate surface area is 332 Å². The highest BCUT2D eigenvalue weighted by atomic mass is 16.3. The van der Waals surface area contributed by atoms with Gasteiger partial charge in [0.15, 0.2) is 6.54 Å². The molecular formula is C51H53N4O+. The molecule has 4 heterocycles. The summed E-state index contributed by atoms with van der Waals surface area (Å²) >= 11 is 0. The zero-order chi connectivity index (χ0) is 38.5. The summed E-state index contributed by atoms with van der Waals surface area (Å²) in [5, 5.41) is 12.0. The number of aryl methyl sites for hydroxylation is 4. The zero-order valence-electron chi connectivity index (χ0n) is 32.7. The smallest absolute Gasteiger partial charge is 0.213 e. The SMILES string of the molecule is C.Cc1ccc2c(ccc(/C=C/c3cc(C)n(-c4ccccc4)c3C)[n+]2CCO)c1.Cc1ccc2nc(/C=C/c3cc(C)n(-c4ccccc4)c3C)ccc2c1. The predicted molar refractivity (Wildman–Crippen MR) is 238 cm³/mol. The van der Waals surface area contributed by atoms with Crippen molar-refractivity contribution in [3.8, 4) is 11.4 Å². The minimum absolute atomic E-state index is 0. The maximum atomic E-state index is 9.61. The van der Waals surface area contributed by atoms with Crippen molar-refractivity contribution < 1.29 is 9.67 Å². The molecule has 0 saturated carbocycles. The van der Waals surface area contributed by atoms with Gasteiger partial charge in [0.05, 0.1) is 11.2 Å². The number of para-hydroxylation sites is 2. The molecule has 8 rings (SSSR count). The molecule has 5 nitrogen and oxygen atoms in total. The quantitative estimate of drug-likeness (QED) is 0.158. The molecule has 0 bridgehead atoms. The van der Waals surface area contributed by atoms with E-state index in [9.17, 15) is 5.11 Å². The number of pyridine rings is 2. The largest absolute Gasteiger partial charge is 0.390 e. The Morgan fingerprint density at radius 1 is 0.554 bits per heavy atom. The van der Waals surface area contributed by atoms with Gasteiger partial charge in [-0.15, -0.1) is 0 Å². The Kier molecular flexibility index (Phi) is 12.3. The van der Waals surface area contributed by atoms with Gasteiger partial charge in [0.2, 0.25) is 11.2 Å². The van der Waals surface area contributed by atoms with Crippen molar-refractivity contribution >= 4 is 46.1 Å². The zero-order valence-corrected chi connectivity index (χ0v) is 32.7. The molecule has 5 heteroatoms. The van der Waals surface area contributed by atoms with Crippen LogP contribution in [-0.2, 0) is 6.54 Å². The standard InChI is InChI=1S/C26H27N2O.C24H22N2.CH4/c1-19-9-14-26-23(17-19)11-13-24(27(26)15-16-29)12-10-22-18-20(2)28(21(22)3)25-7-5-4-6-8-25;1-17-9-14-24-21(15-17)11-13-22(25-24)12-10-20-16-18(2)26(19(20)3)23-7-5-4-6-8-23;/h4-14,17-18,29H,15-16H2,1-3H3;4-16H,1-3H3;1H4/q+1;;/b;12-10+;. The van der Waals surface area contributed by atoms with Gasteiger partial charge in [-0.25, -0.2) is 4.98 Å². The molecule has 4 aromatic carbocycles. The van der Waals surface area contributed by atoms with Gasteiger partial charge in [-0.1, -0.05) is 79.2 Å². The number of nitrogens with zero attached hydrogens (tertiary/aromatic N) is 4. The molecule has 0 unspecified atom stereocenters. The van der Waals surface area contributed by atoms with Crippen LogP contribution in [0.25, 0.3) is 57.5 Å². The summed E-state index contributed by atoms with van der Waals surface area (Å²) < 4.78 is 6.75. The minimum atomic E-state index is 0.